The fourth-order valence-electron chi connectivity index (χ4n) is 2.26. The van der Waals surface area contributed by atoms with Crippen molar-refractivity contribution in [1.82, 2.24) is 0 Å². The molecule has 2 amide bonds. The SMILES string of the molecule is Cc1ccc(NC(=O)C[NH+](C)CC(=O)Nc2ccc(Cl)cc2)c(Cl)c1. The molecule has 0 saturated carbocycles. The Bertz CT molecular complexity index is 763. The van der Waals surface area contributed by atoms with Crippen molar-refractivity contribution in [2.75, 3.05) is 30.8 Å². The lowest BCUT2D eigenvalue weighted by atomic mass is 10.2. The Morgan fingerprint density at radius 1 is 0.960 bits per heavy atom. The fourth-order valence-corrected chi connectivity index (χ4v) is 2.67. The largest absolute Gasteiger partial charge is 0.322 e. The first-order valence-electron chi connectivity index (χ1n) is 7.76. The molecule has 1 unspecified atom stereocenters. The monoisotopic (exact) mass is 380 g/mol. The molecule has 2 aromatic rings. The van der Waals surface area contributed by atoms with E-state index in [1.807, 2.05) is 13.0 Å². The number of carbonyl (C=O) groups is 2. The van der Waals surface area contributed by atoms with Crippen LogP contribution in [0.4, 0.5) is 11.4 Å². The number of likely N-dealkylation sites (N-methyl/N-ethyl adjacent to an activating group) is 1. The van der Waals surface area contributed by atoms with Crippen LogP contribution in [0.2, 0.25) is 10.0 Å². The van der Waals surface area contributed by atoms with Gasteiger partial charge in [0.2, 0.25) is 0 Å². The molecule has 2 aromatic carbocycles. The van der Waals surface area contributed by atoms with E-state index in [0.29, 0.717) is 21.4 Å². The molecule has 2 rings (SSSR count). The highest BCUT2D eigenvalue weighted by atomic mass is 35.5. The molecule has 25 heavy (non-hydrogen) atoms. The van der Waals surface area contributed by atoms with Crippen LogP contribution in [-0.2, 0) is 9.59 Å². The molecule has 0 aliphatic carbocycles. The number of anilines is 2. The molecule has 0 saturated heterocycles. The quantitative estimate of drug-likeness (QED) is 0.720. The van der Waals surface area contributed by atoms with Gasteiger partial charge in [-0.3, -0.25) is 9.59 Å². The zero-order chi connectivity index (χ0) is 18.4. The van der Waals surface area contributed by atoms with Crippen molar-refractivity contribution >= 4 is 46.4 Å². The van der Waals surface area contributed by atoms with Crippen molar-refractivity contribution in [2.24, 2.45) is 0 Å². The number of aryl methyl sites for hydroxylation is 1. The lowest BCUT2D eigenvalue weighted by molar-refractivity contribution is -0.862. The number of rotatable bonds is 6. The van der Waals surface area contributed by atoms with Crippen LogP contribution in [0.25, 0.3) is 0 Å². The van der Waals surface area contributed by atoms with E-state index >= 15 is 0 Å². The molecular formula is C18H20Cl2N3O2+. The molecule has 0 bridgehead atoms. The average molecular weight is 381 g/mol. The maximum Gasteiger partial charge on any atom is 0.279 e. The molecule has 132 valence electrons. The summed E-state index contributed by atoms with van der Waals surface area (Å²) in [6.45, 7) is 2.24. The van der Waals surface area contributed by atoms with Crippen molar-refractivity contribution < 1.29 is 14.5 Å². The summed E-state index contributed by atoms with van der Waals surface area (Å²) in [5.74, 6) is -0.386. The highest BCUT2D eigenvalue weighted by Gasteiger charge is 2.15. The summed E-state index contributed by atoms with van der Waals surface area (Å²) in [4.78, 5) is 24.9. The Morgan fingerprint density at radius 2 is 1.56 bits per heavy atom. The van der Waals surface area contributed by atoms with Crippen LogP contribution in [0, 0.1) is 6.92 Å². The predicted octanol–water partition coefficient (Wildman–Crippen LogP) is 2.39. The minimum atomic E-state index is -0.206. The van der Waals surface area contributed by atoms with Crippen LogP contribution >= 0.6 is 23.2 Å². The Kier molecular flexibility index (Phi) is 6.82. The number of hydrogen-bond donors (Lipinski definition) is 3. The Labute approximate surface area is 156 Å². The second-order valence-corrected chi connectivity index (χ2v) is 6.74. The summed E-state index contributed by atoms with van der Waals surface area (Å²) in [7, 11) is 1.78. The van der Waals surface area contributed by atoms with Crippen molar-refractivity contribution in [3.8, 4) is 0 Å². The molecular weight excluding hydrogens is 361 g/mol. The molecule has 0 fully saturated rings. The average Bonchev–Trinajstić information content (AvgIpc) is 2.52. The lowest BCUT2D eigenvalue weighted by Crippen LogP contribution is -3.11. The molecule has 5 nitrogen and oxygen atoms in total. The number of amides is 2. The molecule has 0 heterocycles. The second-order valence-electron chi connectivity index (χ2n) is 5.90. The summed E-state index contributed by atoms with van der Waals surface area (Å²) < 4.78 is 0. The molecule has 3 N–H and O–H groups in total. The zero-order valence-corrected chi connectivity index (χ0v) is 15.5. The van der Waals surface area contributed by atoms with Crippen LogP contribution in [0.5, 0.6) is 0 Å². The van der Waals surface area contributed by atoms with Gasteiger partial charge in [0.05, 0.1) is 17.8 Å². The highest BCUT2D eigenvalue weighted by molar-refractivity contribution is 6.33. The number of benzene rings is 2. The van der Waals surface area contributed by atoms with Gasteiger partial charge in [-0.2, -0.15) is 0 Å². The van der Waals surface area contributed by atoms with E-state index < -0.39 is 0 Å². The Hall–Kier alpha value is -2.08. The van der Waals surface area contributed by atoms with Crippen molar-refractivity contribution in [2.45, 2.75) is 6.92 Å². The van der Waals surface area contributed by atoms with E-state index in [2.05, 4.69) is 10.6 Å². The van der Waals surface area contributed by atoms with Crippen LogP contribution < -0.4 is 15.5 Å². The lowest BCUT2D eigenvalue weighted by Gasteiger charge is -2.14. The van der Waals surface area contributed by atoms with Crippen molar-refractivity contribution in [3.63, 3.8) is 0 Å². The predicted molar refractivity (Wildman–Crippen MR) is 102 cm³/mol. The second kappa shape index (κ2) is 8.85. The van der Waals surface area contributed by atoms with Gasteiger partial charge < -0.3 is 15.5 Å². The maximum absolute atomic E-state index is 12.1. The van der Waals surface area contributed by atoms with E-state index in [9.17, 15) is 9.59 Å². The molecule has 0 aromatic heterocycles. The summed E-state index contributed by atoms with van der Waals surface area (Å²) in [5, 5.41) is 6.62. The van der Waals surface area contributed by atoms with Gasteiger partial charge >= 0.3 is 0 Å². The van der Waals surface area contributed by atoms with Gasteiger partial charge in [-0.25, -0.2) is 0 Å². The van der Waals surface area contributed by atoms with Crippen molar-refractivity contribution in [1.29, 1.82) is 0 Å². The third-order valence-electron chi connectivity index (χ3n) is 3.45. The topological polar surface area (TPSA) is 62.6 Å². The standard InChI is InChI=1S/C18H19Cl2N3O2/c1-12-3-8-16(15(20)9-12)22-18(25)11-23(2)10-17(24)21-14-6-4-13(19)5-7-14/h3-9H,10-11H2,1-2H3,(H,21,24)(H,22,25)/p+1. The normalized spacial score (nSPS) is 11.7. The summed E-state index contributed by atoms with van der Waals surface area (Å²) >= 11 is 11.9. The first kappa shape index (κ1) is 19.2. The minimum Gasteiger partial charge on any atom is -0.322 e. The third-order valence-corrected chi connectivity index (χ3v) is 4.02. The van der Waals surface area contributed by atoms with Gasteiger partial charge in [-0.15, -0.1) is 0 Å². The first-order chi connectivity index (χ1) is 11.8. The number of quaternary nitrogens is 1. The van der Waals surface area contributed by atoms with Gasteiger partial charge in [0.1, 0.15) is 0 Å². The highest BCUT2D eigenvalue weighted by Crippen LogP contribution is 2.22. The first-order valence-corrected chi connectivity index (χ1v) is 8.52. The molecule has 7 heteroatoms. The molecule has 1 atom stereocenters. The number of carbonyl (C=O) groups excluding carboxylic acids is 2. The van der Waals surface area contributed by atoms with E-state index in [4.69, 9.17) is 23.2 Å². The Balaban J connectivity index is 1.82. The zero-order valence-electron chi connectivity index (χ0n) is 14.0. The number of nitrogens with one attached hydrogen (secondary N) is 3. The molecule has 0 spiro atoms. The van der Waals surface area contributed by atoms with Gasteiger partial charge in [0, 0.05) is 10.7 Å². The minimum absolute atomic E-state index is 0.151. The number of halogens is 2. The van der Waals surface area contributed by atoms with Crippen LogP contribution in [0.3, 0.4) is 0 Å². The summed E-state index contributed by atoms with van der Waals surface area (Å²) in [6.07, 6.45) is 0. The van der Waals surface area contributed by atoms with Crippen LogP contribution in [0.15, 0.2) is 42.5 Å². The van der Waals surface area contributed by atoms with E-state index in [1.54, 1.807) is 43.4 Å². The van der Waals surface area contributed by atoms with Crippen molar-refractivity contribution in [3.05, 3.63) is 58.1 Å². The van der Waals surface area contributed by atoms with E-state index in [0.717, 1.165) is 10.5 Å². The van der Waals surface area contributed by atoms with Gasteiger partial charge in [0.25, 0.3) is 11.8 Å². The summed E-state index contributed by atoms with van der Waals surface area (Å²) in [6, 6.07) is 12.3. The van der Waals surface area contributed by atoms with E-state index in [1.165, 1.54) is 0 Å². The van der Waals surface area contributed by atoms with Gasteiger partial charge in [-0.1, -0.05) is 29.3 Å². The maximum atomic E-state index is 12.1. The molecule has 0 aliphatic rings. The van der Waals surface area contributed by atoms with E-state index in [-0.39, 0.29) is 24.9 Å². The smallest absolute Gasteiger partial charge is 0.279 e. The number of hydrogen-bond acceptors (Lipinski definition) is 2. The van der Waals surface area contributed by atoms with Crippen LogP contribution in [-0.4, -0.2) is 32.0 Å². The molecule has 0 aliphatic heterocycles. The van der Waals surface area contributed by atoms with Crippen LogP contribution in [0.1, 0.15) is 5.56 Å². The molecule has 0 radical (unpaired) electrons. The Morgan fingerprint density at radius 3 is 2.16 bits per heavy atom. The van der Waals surface area contributed by atoms with Gasteiger partial charge in [0.15, 0.2) is 13.1 Å². The fraction of sp³-hybridized carbons (Fsp3) is 0.222. The third kappa shape index (κ3) is 6.38. The summed E-state index contributed by atoms with van der Waals surface area (Å²) in [5.41, 5.74) is 2.25. The van der Waals surface area contributed by atoms with Gasteiger partial charge in [-0.05, 0) is 48.9 Å².